The molecule has 0 fully saturated rings. The fourth-order valence-corrected chi connectivity index (χ4v) is 2.95. The maximum atomic E-state index is 12.4. The molecule has 30 heavy (non-hydrogen) atoms. The zero-order chi connectivity index (χ0) is 21.1. The first-order valence-electron chi connectivity index (χ1n) is 8.94. The number of hydrogen-bond donors (Lipinski definition) is 2. The second-order valence-electron chi connectivity index (χ2n) is 6.39. The molecule has 0 bridgehead atoms. The second kappa shape index (κ2) is 7.89. The number of allylic oxidation sites excluding steroid dienone is 1. The smallest absolute Gasteiger partial charge is 0.326 e. The SMILES string of the molecule is N#CC(=C(O)COC(=O)Cn1cnc2ccccc2c1=O)c1nc2ccccc2[nH]1. The van der Waals surface area contributed by atoms with Gasteiger partial charge in [0.2, 0.25) is 0 Å². The molecule has 148 valence electrons. The third-order valence-electron chi connectivity index (χ3n) is 4.43. The van der Waals surface area contributed by atoms with E-state index in [4.69, 9.17) is 4.74 Å². The fourth-order valence-electron chi connectivity index (χ4n) is 2.95. The first kappa shape index (κ1) is 18.9. The Morgan fingerprint density at radius 1 is 1.17 bits per heavy atom. The predicted molar refractivity (Wildman–Crippen MR) is 108 cm³/mol. The lowest BCUT2D eigenvalue weighted by atomic mass is 10.2. The minimum atomic E-state index is -0.761. The van der Waals surface area contributed by atoms with Crippen molar-refractivity contribution in [2.24, 2.45) is 0 Å². The van der Waals surface area contributed by atoms with Gasteiger partial charge in [-0.15, -0.1) is 0 Å². The van der Waals surface area contributed by atoms with Gasteiger partial charge in [-0.25, -0.2) is 9.97 Å². The molecular formula is C21H15N5O4. The number of esters is 1. The third kappa shape index (κ3) is 3.62. The van der Waals surface area contributed by atoms with Gasteiger partial charge in [-0.3, -0.25) is 14.2 Å². The summed E-state index contributed by atoms with van der Waals surface area (Å²) in [5.74, 6) is -1.04. The van der Waals surface area contributed by atoms with E-state index in [0.717, 1.165) is 4.57 Å². The van der Waals surface area contributed by atoms with Gasteiger partial charge in [0.05, 0.1) is 28.3 Å². The number of aromatic nitrogens is 4. The average molecular weight is 401 g/mol. The Morgan fingerprint density at radius 2 is 1.90 bits per heavy atom. The van der Waals surface area contributed by atoms with Crippen LogP contribution in [0, 0.1) is 11.3 Å². The van der Waals surface area contributed by atoms with Crippen LogP contribution in [0.3, 0.4) is 0 Å². The molecule has 0 atom stereocenters. The molecule has 2 aromatic carbocycles. The summed E-state index contributed by atoms with van der Waals surface area (Å²) in [5.41, 5.74) is 1.35. The van der Waals surface area contributed by atoms with Gasteiger partial charge in [0.15, 0.2) is 11.6 Å². The van der Waals surface area contributed by atoms with Crippen LogP contribution in [-0.4, -0.2) is 37.2 Å². The van der Waals surface area contributed by atoms with E-state index >= 15 is 0 Å². The summed E-state index contributed by atoms with van der Waals surface area (Å²) < 4.78 is 6.15. The molecule has 0 aliphatic carbocycles. The number of aromatic amines is 1. The molecule has 0 amide bonds. The number of hydrogen-bond acceptors (Lipinski definition) is 7. The van der Waals surface area contributed by atoms with Crippen LogP contribution in [0.25, 0.3) is 27.5 Å². The number of carbonyl (C=O) groups excluding carboxylic acids is 1. The molecule has 4 aromatic rings. The molecule has 0 saturated carbocycles. The van der Waals surface area contributed by atoms with Gasteiger partial charge >= 0.3 is 5.97 Å². The average Bonchev–Trinajstić information content (AvgIpc) is 3.18. The van der Waals surface area contributed by atoms with Gasteiger partial charge in [-0.2, -0.15) is 5.26 Å². The lowest BCUT2D eigenvalue weighted by Crippen LogP contribution is -2.26. The number of benzene rings is 2. The van der Waals surface area contributed by atoms with Gasteiger partial charge in [0.1, 0.15) is 24.8 Å². The highest BCUT2D eigenvalue weighted by Crippen LogP contribution is 2.18. The van der Waals surface area contributed by atoms with E-state index < -0.39 is 18.3 Å². The number of fused-ring (bicyclic) bond motifs is 2. The van der Waals surface area contributed by atoms with E-state index in [1.807, 2.05) is 12.1 Å². The lowest BCUT2D eigenvalue weighted by molar-refractivity contribution is -0.144. The molecule has 9 nitrogen and oxygen atoms in total. The molecule has 0 radical (unpaired) electrons. The van der Waals surface area contributed by atoms with Crippen molar-refractivity contribution in [2.45, 2.75) is 6.54 Å². The summed E-state index contributed by atoms with van der Waals surface area (Å²) >= 11 is 0. The van der Waals surface area contributed by atoms with Crippen molar-refractivity contribution in [1.29, 1.82) is 5.26 Å². The van der Waals surface area contributed by atoms with E-state index in [1.165, 1.54) is 6.33 Å². The number of imidazole rings is 1. The topological polar surface area (TPSA) is 134 Å². The van der Waals surface area contributed by atoms with Gasteiger partial charge < -0.3 is 14.8 Å². The maximum absolute atomic E-state index is 12.4. The molecule has 2 aromatic heterocycles. The summed E-state index contributed by atoms with van der Waals surface area (Å²) in [6.45, 7) is -0.912. The van der Waals surface area contributed by atoms with E-state index in [2.05, 4.69) is 15.0 Å². The van der Waals surface area contributed by atoms with Crippen LogP contribution in [0.4, 0.5) is 0 Å². The Hall–Kier alpha value is -4.45. The predicted octanol–water partition coefficient (Wildman–Crippen LogP) is 2.31. The normalized spacial score (nSPS) is 11.8. The number of aliphatic hydroxyl groups is 1. The number of nitriles is 1. The number of H-pyrrole nitrogens is 1. The summed E-state index contributed by atoms with van der Waals surface area (Å²) in [7, 11) is 0. The first-order valence-corrected chi connectivity index (χ1v) is 8.94. The molecule has 2 heterocycles. The van der Waals surface area contributed by atoms with Gasteiger partial charge in [-0.05, 0) is 24.3 Å². The van der Waals surface area contributed by atoms with Crippen molar-refractivity contribution in [3.8, 4) is 6.07 Å². The highest BCUT2D eigenvalue weighted by Gasteiger charge is 2.15. The van der Waals surface area contributed by atoms with E-state index in [0.29, 0.717) is 21.9 Å². The van der Waals surface area contributed by atoms with Crippen LogP contribution in [0.5, 0.6) is 0 Å². The molecule has 0 spiro atoms. The molecule has 0 aliphatic heterocycles. The van der Waals surface area contributed by atoms with Crippen LogP contribution >= 0.6 is 0 Å². The maximum Gasteiger partial charge on any atom is 0.326 e. The number of nitrogens with one attached hydrogen (secondary N) is 1. The Bertz CT molecular complexity index is 1360. The molecule has 9 heteroatoms. The van der Waals surface area contributed by atoms with Crippen LogP contribution in [0.15, 0.2) is 65.4 Å². The minimum Gasteiger partial charge on any atom is -0.507 e. The highest BCUT2D eigenvalue weighted by atomic mass is 16.5. The van der Waals surface area contributed by atoms with Crippen LogP contribution in [0.2, 0.25) is 0 Å². The quantitative estimate of drug-likeness (QED) is 0.298. The zero-order valence-corrected chi connectivity index (χ0v) is 15.6. The number of nitrogens with zero attached hydrogens (tertiary/aromatic N) is 4. The molecule has 0 aliphatic rings. The Labute approximate surface area is 169 Å². The van der Waals surface area contributed by atoms with Gasteiger partial charge in [0.25, 0.3) is 5.56 Å². The van der Waals surface area contributed by atoms with Crippen molar-refractivity contribution in [1.82, 2.24) is 19.5 Å². The third-order valence-corrected chi connectivity index (χ3v) is 4.43. The van der Waals surface area contributed by atoms with Crippen molar-refractivity contribution in [2.75, 3.05) is 6.61 Å². The summed E-state index contributed by atoms with van der Waals surface area (Å²) in [6.07, 6.45) is 1.26. The Balaban J connectivity index is 1.49. The van der Waals surface area contributed by atoms with Crippen molar-refractivity contribution in [3.05, 3.63) is 76.8 Å². The van der Waals surface area contributed by atoms with Crippen molar-refractivity contribution >= 4 is 33.5 Å². The van der Waals surface area contributed by atoms with Crippen molar-refractivity contribution < 1.29 is 14.6 Å². The molecule has 2 N–H and O–H groups in total. The minimum absolute atomic E-state index is 0.136. The highest BCUT2D eigenvalue weighted by molar-refractivity contribution is 5.83. The number of aliphatic hydroxyl groups excluding tert-OH is 1. The molecular weight excluding hydrogens is 386 g/mol. The van der Waals surface area contributed by atoms with Crippen molar-refractivity contribution in [3.63, 3.8) is 0 Å². The number of rotatable bonds is 5. The fraction of sp³-hybridized carbons (Fsp3) is 0.0952. The summed E-state index contributed by atoms with van der Waals surface area (Å²) in [4.78, 5) is 35.9. The number of para-hydroxylation sites is 3. The summed E-state index contributed by atoms with van der Waals surface area (Å²) in [5, 5.41) is 20.0. The summed E-state index contributed by atoms with van der Waals surface area (Å²) in [6, 6.07) is 15.8. The molecule has 0 unspecified atom stereocenters. The lowest BCUT2D eigenvalue weighted by Gasteiger charge is -2.08. The van der Waals surface area contributed by atoms with E-state index in [1.54, 1.807) is 42.5 Å². The van der Waals surface area contributed by atoms with Crippen LogP contribution in [-0.2, 0) is 16.1 Å². The van der Waals surface area contributed by atoms with E-state index in [-0.39, 0.29) is 23.5 Å². The van der Waals surface area contributed by atoms with E-state index in [9.17, 15) is 20.0 Å². The number of ether oxygens (including phenoxy) is 1. The first-order chi connectivity index (χ1) is 14.6. The number of carbonyl (C=O) groups is 1. The Morgan fingerprint density at radius 3 is 2.67 bits per heavy atom. The van der Waals surface area contributed by atoms with Crippen LogP contribution < -0.4 is 5.56 Å². The molecule has 4 rings (SSSR count). The van der Waals surface area contributed by atoms with Crippen LogP contribution in [0.1, 0.15) is 5.82 Å². The second-order valence-corrected chi connectivity index (χ2v) is 6.39. The standard InChI is InChI=1S/C21H15N5O4/c22-9-14(20-24-16-7-3-4-8-17(16)25-20)18(27)11-30-19(28)10-26-12-23-15-6-2-1-5-13(15)21(26)29/h1-8,12,27H,10-11H2,(H,24,25). The Kier molecular flexibility index (Phi) is 4.97. The molecule has 0 saturated heterocycles. The van der Waals surface area contributed by atoms with Gasteiger partial charge in [0, 0.05) is 0 Å². The zero-order valence-electron chi connectivity index (χ0n) is 15.6. The largest absolute Gasteiger partial charge is 0.507 e. The van der Waals surface area contributed by atoms with Gasteiger partial charge in [-0.1, -0.05) is 24.3 Å². The monoisotopic (exact) mass is 401 g/mol.